The largest absolute Gasteiger partial charge is 0.396 e. The molecule has 1 heterocycles. The van der Waals surface area contributed by atoms with Crippen LogP contribution >= 0.6 is 23.2 Å². The van der Waals surface area contributed by atoms with Crippen LogP contribution in [0.1, 0.15) is 36.8 Å². The summed E-state index contributed by atoms with van der Waals surface area (Å²) in [5, 5.41) is 15.5. The van der Waals surface area contributed by atoms with E-state index in [9.17, 15) is 23.1 Å². The van der Waals surface area contributed by atoms with Crippen molar-refractivity contribution in [2.24, 2.45) is 5.92 Å². The number of halogens is 2. The molecule has 2 aromatic rings. The fraction of sp³-hybridized carbons (Fsp3) is 0.517. The third-order valence-electron chi connectivity index (χ3n) is 7.28. The Kier molecular flexibility index (Phi) is 13.3. The van der Waals surface area contributed by atoms with E-state index in [0.29, 0.717) is 48.9 Å². The summed E-state index contributed by atoms with van der Waals surface area (Å²) in [7, 11) is -4.17. The van der Waals surface area contributed by atoms with Gasteiger partial charge in [0.05, 0.1) is 18.1 Å². The molecule has 9 nitrogen and oxygen atoms in total. The molecule has 3 N–H and O–H groups in total. The summed E-state index contributed by atoms with van der Waals surface area (Å²) < 4.78 is 28.5. The monoisotopic (exact) mass is 626 g/mol. The molecule has 226 valence electrons. The van der Waals surface area contributed by atoms with Crippen molar-refractivity contribution in [3.05, 3.63) is 63.6 Å². The van der Waals surface area contributed by atoms with Crippen LogP contribution in [0.25, 0.3) is 0 Å². The minimum atomic E-state index is -4.17. The van der Waals surface area contributed by atoms with E-state index in [0.717, 1.165) is 35.8 Å². The standard InChI is InChI=1S/C29H40Cl2N4O5S/c1-22-25(30)9-10-26(29(22)31)41(39,40)35(17-13-23-7-3-2-4-8-23)21-27(37)33-19-28(38)34(16-5-6-18-36)20-24-11-14-32-15-12-24/h2-4,7-10,24,32,36H,5-6,11-21H2,1H3,(H,33,37). The predicted molar refractivity (Wildman–Crippen MR) is 162 cm³/mol. The highest BCUT2D eigenvalue weighted by Crippen LogP contribution is 2.32. The number of aliphatic hydroxyl groups excluding tert-OH is 1. The van der Waals surface area contributed by atoms with E-state index in [1.165, 1.54) is 12.1 Å². The van der Waals surface area contributed by atoms with Crippen molar-refractivity contribution in [1.29, 1.82) is 0 Å². The Bertz CT molecular complexity index is 1260. The number of carbonyl (C=O) groups is 2. The fourth-order valence-corrected chi connectivity index (χ4v) is 6.95. The van der Waals surface area contributed by atoms with E-state index in [4.69, 9.17) is 23.2 Å². The second kappa shape index (κ2) is 16.4. The lowest BCUT2D eigenvalue weighted by atomic mass is 9.97. The summed E-state index contributed by atoms with van der Waals surface area (Å²) in [6.07, 6.45) is 3.57. The van der Waals surface area contributed by atoms with Gasteiger partial charge in [0.1, 0.15) is 4.90 Å². The molecule has 0 aliphatic carbocycles. The lowest BCUT2D eigenvalue weighted by molar-refractivity contribution is -0.133. The third-order valence-corrected chi connectivity index (χ3v) is 10.2. The van der Waals surface area contributed by atoms with Gasteiger partial charge in [0, 0.05) is 31.3 Å². The summed E-state index contributed by atoms with van der Waals surface area (Å²) in [6.45, 7) is 3.90. The quantitative estimate of drug-likeness (QED) is 0.261. The topological polar surface area (TPSA) is 119 Å². The number of amides is 2. The second-order valence-corrected chi connectivity index (χ2v) is 13.0. The summed E-state index contributed by atoms with van der Waals surface area (Å²) in [5.74, 6) is -0.449. The van der Waals surface area contributed by atoms with Gasteiger partial charge in [-0.1, -0.05) is 53.5 Å². The maximum Gasteiger partial charge on any atom is 0.245 e. The SMILES string of the molecule is Cc1c(Cl)ccc(S(=O)(=O)N(CCc2ccccc2)CC(=O)NCC(=O)N(CCCCO)CC2CCNCC2)c1Cl. The fourth-order valence-electron chi connectivity index (χ4n) is 4.77. The molecule has 0 saturated carbocycles. The molecule has 0 bridgehead atoms. The highest BCUT2D eigenvalue weighted by atomic mass is 35.5. The van der Waals surface area contributed by atoms with Crippen LogP contribution in [0.2, 0.25) is 10.0 Å². The van der Waals surface area contributed by atoms with E-state index >= 15 is 0 Å². The van der Waals surface area contributed by atoms with E-state index in [-0.39, 0.29) is 35.5 Å². The van der Waals surface area contributed by atoms with Crippen LogP contribution in [0.5, 0.6) is 0 Å². The van der Waals surface area contributed by atoms with Gasteiger partial charge >= 0.3 is 0 Å². The van der Waals surface area contributed by atoms with Gasteiger partial charge in [0.15, 0.2) is 0 Å². The highest BCUT2D eigenvalue weighted by molar-refractivity contribution is 7.89. The molecule has 1 aliphatic rings. The van der Waals surface area contributed by atoms with Gasteiger partial charge in [0.25, 0.3) is 0 Å². The molecule has 0 unspecified atom stereocenters. The first-order chi connectivity index (χ1) is 19.6. The van der Waals surface area contributed by atoms with Crippen LogP contribution in [0.3, 0.4) is 0 Å². The van der Waals surface area contributed by atoms with Crippen LogP contribution in [0.15, 0.2) is 47.4 Å². The zero-order valence-corrected chi connectivity index (χ0v) is 25.8. The van der Waals surface area contributed by atoms with Crippen molar-refractivity contribution in [2.45, 2.75) is 43.9 Å². The lowest BCUT2D eigenvalue weighted by Gasteiger charge is -2.30. The van der Waals surface area contributed by atoms with Crippen LogP contribution < -0.4 is 10.6 Å². The smallest absolute Gasteiger partial charge is 0.245 e. The number of carbonyl (C=O) groups excluding carboxylic acids is 2. The molecule has 12 heteroatoms. The first kappa shape index (κ1) is 33.3. The summed E-state index contributed by atoms with van der Waals surface area (Å²) in [4.78, 5) is 27.8. The highest BCUT2D eigenvalue weighted by Gasteiger charge is 2.30. The third kappa shape index (κ3) is 9.94. The molecule has 2 aromatic carbocycles. The Balaban J connectivity index is 1.71. The average molecular weight is 628 g/mol. The van der Waals surface area contributed by atoms with Gasteiger partial charge in [0.2, 0.25) is 21.8 Å². The first-order valence-corrected chi connectivity index (χ1v) is 16.2. The van der Waals surface area contributed by atoms with Gasteiger partial charge in [-0.2, -0.15) is 4.31 Å². The Morgan fingerprint density at radius 1 is 1.05 bits per heavy atom. The van der Waals surface area contributed by atoms with E-state index in [1.54, 1.807) is 11.8 Å². The zero-order chi connectivity index (χ0) is 29.8. The maximum atomic E-state index is 13.7. The Labute approximate surface area is 253 Å². The number of hydrogen-bond donors (Lipinski definition) is 3. The number of rotatable bonds is 15. The van der Waals surface area contributed by atoms with E-state index in [2.05, 4.69) is 10.6 Å². The molecule has 0 spiro atoms. The Morgan fingerprint density at radius 2 is 1.76 bits per heavy atom. The number of nitrogens with zero attached hydrogens (tertiary/aromatic N) is 2. The molecule has 1 aliphatic heterocycles. The maximum absolute atomic E-state index is 13.7. The molecule has 3 rings (SSSR count). The van der Waals surface area contributed by atoms with Crippen LogP contribution in [0, 0.1) is 12.8 Å². The molecule has 1 fully saturated rings. The number of unbranched alkanes of at least 4 members (excludes halogenated alkanes) is 1. The van der Waals surface area contributed by atoms with E-state index < -0.39 is 22.5 Å². The molecular formula is C29H40Cl2N4O5S. The Hall–Kier alpha value is -2.21. The van der Waals surface area contributed by atoms with Crippen molar-refractivity contribution in [3.63, 3.8) is 0 Å². The molecule has 41 heavy (non-hydrogen) atoms. The van der Waals surface area contributed by atoms with Crippen molar-refractivity contribution >= 4 is 45.0 Å². The number of nitrogens with one attached hydrogen (secondary N) is 2. The molecule has 2 amide bonds. The number of hydrogen-bond acceptors (Lipinski definition) is 6. The van der Waals surface area contributed by atoms with Crippen molar-refractivity contribution in [3.8, 4) is 0 Å². The van der Waals surface area contributed by atoms with Gasteiger partial charge in [-0.25, -0.2) is 8.42 Å². The Morgan fingerprint density at radius 3 is 2.44 bits per heavy atom. The van der Waals surface area contributed by atoms with Crippen molar-refractivity contribution < 1.29 is 23.1 Å². The molecule has 0 radical (unpaired) electrons. The number of sulfonamides is 1. The summed E-state index contributed by atoms with van der Waals surface area (Å²) in [5.41, 5.74) is 1.35. The van der Waals surface area contributed by atoms with Crippen LogP contribution in [-0.4, -0.2) is 87.0 Å². The van der Waals surface area contributed by atoms with Crippen molar-refractivity contribution in [1.82, 2.24) is 19.8 Å². The van der Waals surface area contributed by atoms with Gasteiger partial charge in [-0.15, -0.1) is 0 Å². The summed E-state index contributed by atoms with van der Waals surface area (Å²) in [6, 6.07) is 12.2. The number of benzene rings is 2. The van der Waals surface area contributed by atoms with Gasteiger partial charge in [-0.3, -0.25) is 9.59 Å². The van der Waals surface area contributed by atoms with Gasteiger partial charge < -0.3 is 20.6 Å². The lowest BCUT2D eigenvalue weighted by Crippen LogP contribution is -2.47. The normalized spacial score (nSPS) is 14.3. The minimum Gasteiger partial charge on any atom is -0.396 e. The van der Waals surface area contributed by atoms with Crippen LogP contribution in [-0.2, 0) is 26.0 Å². The number of piperidine rings is 1. The zero-order valence-electron chi connectivity index (χ0n) is 23.5. The molecule has 1 saturated heterocycles. The molecule has 0 atom stereocenters. The molecule has 0 aromatic heterocycles. The van der Waals surface area contributed by atoms with E-state index in [1.807, 2.05) is 30.3 Å². The summed E-state index contributed by atoms with van der Waals surface area (Å²) >= 11 is 12.5. The van der Waals surface area contributed by atoms with Crippen molar-refractivity contribution in [2.75, 3.05) is 52.4 Å². The average Bonchev–Trinajstić information content (AvgIpc) is 2.97. The van der Waals surface area contributed by atoms with Crippen LogP contribution in [0.4, 0.5) is 0 Å². The van der Waals surface area contributed by atoms with Gasteiger partial charge in [-0.05, 0) is 81.3 Å². The first-order valence-electron chi connectivity index (χ1n) is 14.0. The molecular weight excluding hydrogens is 587 g/mol. The predicted octanol–water partition coefficient (Wildman–Crippen LogP) is 3.25. The second-order valence-electron chi connectivity index (χ2n) is 10.3. The minimum absolute atomic E-state index is 0.00855. The number of aliphatic hydroxyl groups is 1.